The van der Waals surface area contributed by atoms with Crippen molar-refractivity contribution in [1.82, 2.24) is 9.62 Å². The second kappa shape index (κ2) is 8.85. The normalized spacial score (nSPS) is 15.9. The minimum atomic E-state index is -3.47. The van der Waals surface area contributed by atoms with Crippen molar-refractivity contribution in [3.8, 4) is 0 Å². The minimum absolute atomic E-state index is 0.131. The van der Waals surface area contributed by atoms with Crippen molar-refractivity contribution < 1.29 is 18.0 Å². The lowest BCUT2D eigenvalue weighted by atomic mass is 9.97. The van der Waals surface area contributed by atoms with Gasteiger partial charge < -0.3 is 10.6 Å². The van der Waals surface area contributed by atoms with Crippen LogP contribution in [0, 0.1) is 5.92 Å². The van der Waals surface area contributed by atoms with Crippen LogP contribution < -0.4 is 10.6 Å². The fourth-order valence-electron chi connectivity index (χ4n) is 3.19. The summed E-state index contributed by atoms with van der Waals surface area (Å²) in [6.45, 7) is 0.635. The molecule has 1 aromatic heterocycles. The van der Waals surface area contributed by atoms with Gasteiger partial charge in [0.2, 0.25) is 11.8 Å². The van der Waals surface area contributed by atoms with Crippen molar-refractivity contribution in [2.24, 2.45) is 5.92 Å². The van der Waals surface area contributed by atoms with E-state index in [-0.39, 0.29) is 24.2 Å². The molecule has 3 rings (SSSR count). The van der Waals surface area contributed by atoms with Crippen LogP contribution in [-0.2, 0) is 26.0 Å². The highest BCUT2D eigenvalue weighted by atomic mass is 32.2. The predicted molar refractivity (Wildman–Crippen MR) is 109 cm³/mol. The summed E-state index contributed by atoms with van der Waals surface area (Å²) in [6.07, 6.45) is 1.12. The summed E-state index contributed by atoms with van der Waals surface area (Å²) in [7, 11) is -1.90. The molecule has 150 valence electrons. The monoisotopic (exact) mass is 421 g/mol. The lowest BCUT2D eigenvalue weighted by molar-refractivity contribution is -0.121. The Bertz CT molecular complexity index is 934. The van der Waals surface area contributed by atoms with Gasteiger partial charge in [-0.1, -0.05) is 24.3 Å². The smallest absolute Gasteiger partial charge is 0.252 e. The summed E-state index contributed by atoms with van der Waals surface area (Å²) in [5.74, 6) is -0.533. The number of likely N-dealkylation sites (N-methyl/N-ethyl adjacent to an activating group) is 1. The number of amides is 2. The highest BCUT2D eigenvalue weighted by Crippen LogP contribution is 2.27. The predicted octanol–water partition coefficient (Wildman–Crippen LogP) is 2.08. The number of piperidine rings is 1. The topological polar surface area (TPSA) is 95.6 Å². The van der Waals surface area contributed by atoms with Gasteiger partial charge in [0, 0.05) is 31.7 Å². The molecule has 0 aliphatic carbocycles. The Hall–Kier alpha value is -2.23. The van der Waals surface area contributed by atoms with Crippen molar-refractivity contribution in [1.29, 1.82) is 0 Å². The van der Waals surface area contributed by atoms with Gasteiger partial charge in [-0.25, -0.2) is 8.42 Å². The summed E-state index contributed by atoms with van der Waals surface area (Å²) in [6, 6.07) is 10.5. The molecule has 1 aliphatic rings. The Kier molecular flexibility index (Phi) is 6.48. The third-order valence-corrected chi connectivity index (χ3v) is 8.09. The van der Waals surface area contributed by atoms with Crippen molar-refractivity contribution >= 4 is 38.9 Å². The molecule has 0 unspecified atom stereocenters. The molecule has 1 aliphatic heterocycles. The number of hydrogen-bond donors (Lipinski definition) is 2. The number of para-hydroxylation sites is 1. The molecule has 0 radical (unpaired) electrons. The number of nitrogens with zero attached hydrogens (tertiary/aromatic N) is 1. The highest BCUT2D eigenvalue weighted by molar-refractivity contribution is 7.91. The average molecular weight is 422 g/mol. The minimum Gasteiger partial charge on any atom is -0.359 e. The van der Waals surface area contributed by atoms with Gasteiger partial charge in [-0.15, -0.1) is 11.3 Å². The quantitative estimate of drug-likeness (QED) is 0.746. The van der Waals surface area contributed by atoms with E-state index in [1.807, 2.05) is 6.07 Å². The molecule has 1 fully saturated rings. The summed E-state index contributed by atoms with van der Waals surface area (Å²) >= 11 is 1.20. The highest BCUT2D eigenvalue weighted by Gasteiger charge is 2.32. The molecule has 0 atom stereocenters. The van der Waals surface area contributed by atoms with Gasteiger partial charge in [0.15, 0.2) is 0 Å². The second-order valence-electron chi connectivity index (χ2n) is 6.61. The Morgan fingerprint density at radius 2 is 1.86 bits per heavy atom. The van der Waals surface area contributed by atoms with Gasteiger partial charge in [0.05, 0.1) is 6.42 Å². The zero-order valence-electron chi connectivity index (χ0n) is 15.6. The van der Waals surface area contributed by atoms with Gasteiger partial charge in [0.1, 0.15) is 4.21 Å². The molecule has 0 spiro atoms. The van der Waals surface area contributed by atoms with E-state index in [1.165, 1.54) is 15.6 Å². The van der Waals surface area contributed by atoms with Crippen LogP contribution in [0.5, 0.6) is 0 Å². The summed E-state index contributed by atoms with van der Waals surface area (Å²) in [4.78, 5) is 24.3. The number of thiophene rings is 1. The van der Waals surface area contributed by atoms with Crippen molar-refractivity contribution in [2.45, 2.75) is 23.5 Å². The molecule has 7 nitrogen and oxygen atoms in total. The van der Waals surface area contributed by atoms with Crippen molar-refractivity contribution in [3.05, 3.63) is 47.3 Å². The van der Waals surface area contributed by atoms with Crippen LogP contribution in [0.3, 0.4) is 0 Å². The number of benzene rings is 1. The largest absolute Gasteiger partial charge is 0.359 e. The maximum Gasteiger partial charge on any atom is 0.252 e. The number of nitrogens with one attached hydrogen (secondary N) is 2. The first-order chi connectivity index (χ1) is 13.4. The molecule has 2 N–H and O–H groups in total. The number of sulfonamides is 1. The standard InChI is InChI=1S/C19H23N3O4S2/c1-20-17(23)13-15-5-2-3-6-16(15)21-19(24)14-8-10-22(11-9-14)28(25,26)18-7-4-12-27-18/h2-7,12,14H,8-11,13H2,1H3,(H,20,23)(H,21,24). The van der Waals surface area contributed by atoms with Crippen LogP contribution in [0.4, 0.5) is 5.69 Å². The second-order valence-corrected chi connectivity index (χ2v) is 9.72. The van der Waals surface area contributed by atoms with E-state index in [0.717, 1.165) is 5.56 Å². The van der Waals surface area contributed by atoms with E-state index in [2.05, 4.69) is 10.6 Å². The number of carbonyl (C=O) groups is 2. The van der Waals surface area contributed by atoms with Crippen LogP contribution in [-0.4, -0.2) is 44.7 Å². The van der Waals surface area contributed by atoms with Gasteiger partial charge >= 0.3 is 0 Å². The molecule has 2 amide bonds. The first kappa shape index (κ1) is 20.5. The zero-order valence-corrected chi connectivity index (χ0v) is 17.2. The molecule has 0 bridgehead atoms. The van der Waals surface area contributed by atoms with Gasteiger partial charge in [-0.05, 0) is 35.9 Å². The van der Waals surface area contributed by atoms with Crippen LogP contribution in [0.2, 0.25) is 0 Å². The first-order valence-electron chi connectivity index (χ1n) is 9.05. The molecule has 2 aromatic rings. The molecular formula is C19H23N3O4S2. The lowest BCUT2D eigenvalue weighted by Gasteiger charge is -2.30. The average Bonchev–Trinajstić information content (AvgIpc) is 3.25. The fourth-order valence-corrected chi connectivity index (χ4v) is 5.80. The molecule has 9 heteroatoms. The van der Waals surface area contributed by atoms with Crippen molar-refractivity contribution in [2.75, 3.05) is 25.5 Å². The van der Waals surface area contributed by atoms with E-state index in [4.69, 9.17) is 0 Å². The molecule has 1 aromatic carbocycles. The number of anilines is 1. The Balaban J connectivity index is 1.61. The van der Waals surface area contributed by atoms with E-state index in [1.54, 1.807) is 42.8 Å². The first-order valence-corrected chi connectivity index (χ1v) is 11.4. The molecule has 2 heterocycles. The fraction of sp³-hybridized carbons (Fsp3) is 0.368. The zero-order chi connectivity index (χ0) is 20.1. The van der Waals surface area contributed by atoms with E-state index >= 15 is 0 Å². The van der Waals surface area contributed by atoms with Gasteiger partial charge in [-0.3, -0.25) is 9.59 Å². The van der Waals surface area contributed by atoms with Crippen molar-refractivity contribution in [3.63, 3.8) is 0 Å². The summed E-state index contributed by atoms with van der Waals surface area (Å²) in [5, 5.41) is 7.22. The lowest BCUT2D eigenvalue weighted by Crippen LogP contribution is -2.41. The van der Waals surface area contributed by atoms with E-state index in [0.29, 0.717) is 35.8 Å². The maximum atomic E-state index is 12.7. The Morgan fingerprint density at radius 3 is 2.50 bits per heavy atom. The summed E-state index contributed by atoms with van der Waals surface area (Å²) in [5.41, 5.74) is 1.36. The number of hydrogen-bond acceptors (Lipinski definition) is 5. The molecule has 28 heavy (non-hydrogen) atoms. The van der Waals surface area contributed by atoms with Crippen LogP contribution in [0.15, 0.2) is 46.0 Å². The maximum absolute atomic E-state index is 12.7. The number of rotatable bonds is 6. The van der Waals surface area contributed by atoms with E-state index < -0.39 is 10.0 Å². The van der Waals surface area contributed by atoms with Gasteiger partial charge in [0.25, 0.3) is 10.0 Å². The molecular weight excluding hydrogens is 398 g/mol. The Labute approximate surface area is 168 Å². The van der Waals surface area contributed by atoms with Crippen LogP contribution in [0.25, 0.3) is 0 Å². The third-order valence-electron chi connectivity index (χ3n) is 4.82. The van der Waals surface area contributed by atoms with E-state index in [9.17, 15) is 18.0 Å². The number of carbonyl (C=O) groups excluding carboxylic acids is 2. The Morgan fingerprint density at radius 1 is 1.14 bits per heavy atom. The third kappa shape index (κ3) is 4.60. The molecule has 1 saturated heterocycles. The van der Waals surface area contributed by atoms with Gasteiger partial charge in [-0.2, -0.15) is 4.31 Å². The SMILES string of the molecule is CNC(=O)Cc1ccccc1NC(=O)C1CCN(S(=O)(=O)c2cccs2)CC1. The molecule has 0 saturated carbocycles. The summed E-state index contributed by atoms with van der Waals surface area (Å²) < 4.78 is 27.0. The van der Waals surface area contributed by atoms with Crippen LogP contribution in [0.1, 0.15) is 18.4 Å². The van der Waals surface area contributed by atoms with Crippen LogP contribution >= 0.6 is 11.3 Å².